The summed E-state index contributed by atoms with van der Waals surface area (Å²) in [5.41, 5.74) is 7.62. The molecule has 1 aliphatic rings. The monoisotopic (exact) mass is 207 g/mol. The molecule has 0 amide bonds. The number of aliphatic hydroxyl groups is 1. The topological polar surface area (TPSA) is 55.5 Å². The minimum atomic E-state index is -0.521. The molecule has 82 valence electrons. The van der Waals surface area contributed by atoms with Crippen molar-refractivity contribution in [1.82, 2.24) is 0 Å². The van der Waals surface area contributed by atoms with Crippen molar-refractivity contribution in [3.05, 3.63) is 35.4 Å². The van der Waals surface area contributed by atoms with E-state index in [1.807, 2.05) is 12.1 Å². The van der Waals surface area contributed by atoms with Gasteiger partial charge in [-0.05, 0) is 18.1 Å². The van der Waals surface area contributed by atoms with Gasteiger partial charge >= 0.3 is 0 Å². The summed E-state index contributed by atoms with van der Waals surface area (Å²) >= 11 is 0. The molecule has 0 radical (unpaired) electrons. The van der Waals surface area contributed by atoms with Gasteiger partial charge in [-0.15, -0.1) is 0 Å². The molecule has 15 heavy (non-hydrogen) atoms. The van der Waals surface area contributed by atoms with Crippen molar-refractivity contribution in [2.45, 2.75) is 18.4 Å². The van der Waals surface area contributed by atoms with Gasteiger partial charge in [-0.3, -0.25) is 0 Å². The van der Waals surface area contributed by atoms with E-state index in [0.717, 1.165) is 5.56 Å². The fourth-order valence-corrected chi connectivity index (χ4v) is 2.21. The predicted molar refractivity (Wildman–Crippen MR) is 58.7 cm³/mol. The molecule has 1 atom stereocenters. The molecule has 3 nitrogen and oxygen atoms in total. The lowest BCUT2D eigenvalue weighted by atomic mass is 9.72. The Labute approximate surface area is 89.9 Å². The first-order chi connectivity index (χ1) is 7.20. The molecule has 1 saturated heterocycles. The van der Waals surface area contributed by atoms with E-state index in [-0.39, 0.29) is 12.0 Å². The maximum atomic E-state index is 10.0. The summed E-state index contributed by atoms with van der Waals surface area (Å²) in [5, 5.41) is 10.0. The first-order valence-corrected chi connectivity index (χ1v) is 5.23. The zero-order chi connectivity index (χ0) is 10.9. The van der Waals surface area contributed by atoms with E-state index in [9.17, 15) is 5.11 Å². The highest BCUT2D eigenvalue weighted by Crippen LogP contribution is 2.37. The van der Waals surface area contributed by atoms with E-state index in [2.05, 4.69) is 19.1 Å². The quantitative estimate of drug-likeness (QED) is 0.762. The van der Waals surface area contributed by atoms with Crippen LogP contribution in [0.3, 0.4) is 0 Å². The van der Waals surface area contributed by atoms with Crippen molar-refractivity contribution >= 4 is 0 Å². The first-order valence-electron chi connectivity index (χ1n) is 5.23. The van der Waals surface area contributed by atoms with E-state index < -0.39 is 6.10 Å². The molecule has 1 aromatic carbocycles. The molecular formula is C12H17NO2. The second kappa shape index (κ2) is 3.93. The minimum absolute atomic E-state index is 0.275. The zero-order valence-electron chi connectivity index (χ0n) is 8.94. The number of hydrogen-bond donors (Lipinski definition) is 2. The summed E-state index contributed by atoms with van der Waals surface area (Å²) in [5.74, 6) is 0. The molecule has 0 aromatic heterocycles. The third-order valence-electron chi connectivity index (χ3n) is 3.26. The Morgan fingerprint density at radius 1 is 1.47 bits per heavy atom. The number of ether oxygens (including phenoxy) is 1. The maximum absolute atomic E-state index is 10.0. The molecule has 0 aliphatic carbocycles. The Hall–Kier alpha value is -0.900. The molecule has 1 aromatic rings. The Balaban J connectivity index is 2.38. The average Bonchev–Trinajstić information content (AvgIpc) is 2.19. The van der Waals surface area contributed by atoms with Gasteiger partial charge in [-0.2, -0.15) is 0 Å². The standard InChI is InChI=1S/C12H17NO2/c1-9-4-2-3-5-10(9)12(7-15-8-12)11(14)6-13/h2-5,11,14H,6-8,13H2,1H3. The third kappa shape index (κ3) is 1.57. The lowest BCUT2D eigenvalue weighted by molar-refractivity contribution is -0.117. The lowest BCUT2D eigenvalue weighted by Gasteiger charge is -2.45. The van der Waals surface area contributed by atoms with E-state index >= 15 is 0 Å². The molecule has 0 spiro atoms. The van der Waals surface area contributed by atoms with Crippen molar-refractivity contribution in [2.75, 3.05) is 19.8 Å². The van der Waals surface area contributed by atoms with Crippen LogP contribution >= 0.6 is 0 Å². The van der Waals surface area contributed by atoms with Crippen molar-refractivity contribution in [1.29, 1.82) is 0 Å². The second-order valence-electron chi connectivity index (χ2n) is 4.22. The summed E-state index contributed by atoms with van der Waals surface area (Å²) in [6.45, 7) is 3.46. The van der Waals surface area contributed by atoms with Gasteiger partial charge in [0.05, 0.1) is 24.7 Å². The summed E-state index contributed by atoms with van der Waals surface area (Å²) < 4.78 is 5.26. The number of aliphatic hydroxyl groups excluding tert-OH is 1. The van der Waals surface area contributed by atoms with Crippen LogP contribution in [0.15, 0.2) is 24.3 Å². The Morgan fingerprint density at radius 3 is 2.60 bits per heavy atom. The molecule has 0 bridgehead atoms. The van der Waals surface area contributed by atoms with Gasteiger partial charge in [-0.1, -0.05) is 24.3 Å². The van der Waals surface area contributed by atoms with Crippen LogP contribution in [0, 0.1) is 6.92 Å². The summed E-state index contributed by atoms with van der Waals surface area (Å²) in [6.07, 6.45) is -0.521. The van der Waals surface area contributed by atoms with Crippen LogP contribution in [0.25, 0.3) is 0 Å². The highest BCUT2D eigenvalue weighted by atomic mass is 16.5. The normalized spacial score (nSPS) is 20.7. The highest BCUT2D eigenvalue weighted by Gasteiger charge is 2.46. The molecule has 3 N–H and O–H groups in total. The molecule has 0 saturated carbocycles. The maximum Gasteiger partial charge on any atom is 0.0803 e. The molecule has 3 heteroatoms. The van der Waals surface area contributed by atoms with Crippen LogP contribution in [0.5, 0.6) is 0 Å². The van der Waals surface area contributed by atoms with Gasteiger partial charge in [0.2, 0.25) is 0 Å². The molecule has 1 aliphatic heterocycles. The van der Waals surface area contributed by atoms with Gasteiger partial charge in [0.15, 0.2) is 0 Å². The largest absolute Gasteiger partial charge is 0.391 e. The zero-order valence-corrected chi connectivity index (χ0v) is 8.94. The van der Waals surface area contributed by atoms with Gasteiger partial charge in [0.1, 0.15) is 0 Å². The Morgan fingerprint density at radius 2 is 2.13 bits per heavy atom. The van der Waals surface area contributed by atoms with Gasteiger partial charge in [0.25, 0.3) is 0 Å². The van der Waals surface area contributed by atoms with Gasteiger partial charge < -0.3 is 15.6 Å². The predicted octanol–water partition coefficient (Wildman–Crippen LogP) is 0.583. The first kappa shape index (κ1) is 10.6. The SMILES string of the molecule is Cc1ccccc1C1(C(O)CN)COC1. The molecular weight excluding hydrogens is 190 g/mol. The van der Waals surface area contributed by atoms with Crippen LogP contribution in [-0.2, 0) is 10.2 Å². The van der Waals surface area contributed by atoms with E-state index in [1.165, 1.54) is 5.56 Å². The average molecular weight is 207 g/mol. The smallest absolute Gasteiger partial charge is 0.0803 e. The minimum Gasteiger partial charge on any atom is -0.391 e. The van der Waals surface area contributed by atoms with Crippen molar-refractivity contribution in [3.8, 4) is 0 Å². The van der Waals surface area contributed by atoms with E-state index in [1.54, 1.807) is 0 Å². The van der Waals surface area contributed by atoms with Crippen LogP contribution in [0.1, 0.15) is 11.1 Å². The third-order valence-corrected chi connectivity index (χ3v) is 3.26. The van der Waals surface area contributed by atoms with Crippen LogP contribution < -0.4 is 5.73 Å². The van der Waals surface area contributed by atoms with Crippen LogP contribution in [0.2, 0.25) is 0 Å². The lowest BCUT2D eigenvalue weighted by Crippen LogP contribution is -2.58. The molecule has 1 heterocycles. The molecule has 2 rings (SSSR count). The van der Waals surface area contributed by atoms with Gasteiger partial charge in [0, 0.05) is 6.54 Å². The van der Waals surface area contributed by atoms with E-state index in [0.29, 0.717) is 13.2 Å². The number of rotatable bonds is 3. The van der Waals surface area contributed by atoms with Crippen molar-refractivity contribution < 1.29 is 9.84 Å². The molecule has 1 fully saturated rings. The van der Waals surface area contributed by atoms with Crippen molar-refractivity contribution in [2.24, 2.45) is 5.73 Å². The number of nitrogens with two attached hydrogens (primary N) is 1. The van der Waals surface area contributed by atoms with E-state index in [4.69, 9.17) is 10.5 Å². The number of aryl methyl sites for hydroxylation is 1. The van der Waals surface area contributed by atoms with Gasteiger partial charge in [-0.25, -0.2) is 0 Å². The summed E-state index contributed by atoms with van der Waals surface area (Å²) in [4.78, 5) is 0. The summed E-state index contributed by atoms with van der Waals surface area (Å²) in [7, 11) is 0. The molecule has 1 unspecified atom stereocenters. The Kier molecular flexibility index (Phi) is 2.78. The van der Waals surface area contributed by atoms with Crippen molar-refractivity contribution in [3.63, 3.8) is 0 Å². The fourth-order valence-electron chi connectivity index (χ4n) is 2.21. The fraction of sp³-hybridized carbons (Fsp3) is 0.500. The second-order valence-corrected chi connectivity index (χ2v) is 4.22. The van der Waals surface area contributed by atoms with Crippen LogP contribution in [-0.4, -0.2) is 31.0 Å². The highest BCUT2D eigenvalue weighted by molar-refractivity contribution is 5.36. The number of benzene rings is 1. The van der Waals surface area contributed by atoms with Crippen LogP contribution in [0.4, 0.5) is 0 Å². The number of hydrogen-bond acceptors (Lipinski definition) is 3. The summed E-state index contributed by atoms with van der Waals surface area (Å²) in [6, 6.07) is 8.10. The Bertz CT molecular complexity index is 347.